The minimum absolute atomic E-state index is 0.132. The molecule has 0 saturated carbocycles. The summed E-state index contributed by atoms with van der Waals surface area (Å²) < 4.78 is 60.1. The van der Waals surface area contributed by atoms with E-state index in [0.29, 0.717) is 51.4 Å². The average Bonchev–Trinajstić information content (AvgIpc) is 0.781. The van der Waals surface area contributed by atoms with Crippen LogP contribution in [0.25, 0.3) is 0 Å². The lowest BCUT2D eigenvalue weighted by atomic mass is 9.95. The Morgan fingerprint density at radius 3 is 1.16 bits per heavy atom. The fraction of sp³-hybridized carbons (Fsp3) is 0.939. The molecule has 2 fully saturated rings. The highest BCUT2D eigenvalue weighted by Crippen LogP contribution is 2.46. The van der Waals surface area contributed by atoms with E-state index in [4.69, 9.17) is 38.8 Å². The number of hydrogen-bond acceptors (Lipinski definition) is 20. The van der Waals surface area contributed by atoms with E-state index in [2.05, 4.69) is 49.9 Å². The Balaban J connectivity index is 2.55. The second-order valence-corrected chi connectivity index (χ2v) is 32.2. The predicted octanol–water partition coefficient (Wildman–Crippen LogP) is 16.9. The molecule has 0 aromatic carbocycles. The highest BCUT2D eigenvalue weighted by molar-refractivity contribution is 7.47. The largest absolute Gasteiger partial charge is 0.489 e. The molecule has 2 aliphatic rings. The number of nitrogens with two attached hydrogens (primary N) is 1. The van der Waals surface area contributed by atoms with Gasteiger partial charge in [-0.15, -0.1) is 0 Å². The van der Waals surface area contributed by atoms with E-state index in [0.717, 1.165) is 154 Å². The van der Waals surface area contributed by atoms with E-state index >= 15 is 0 Å². The predicted molar refractivity (Wildman–Crippen MR) is 416 cm³/mol. The molecule has 0 spiro atoms. The molecule has 23 nitrogen and oxygen atoms in total. The molecule has 2 rings (SSSR count). The van der Waals surface area contributed by atoms with E-state index in [1.54, 1.807) is 0 Å². The third kappa shape index (κ3) is 49.5. The van der Waals surface area contributed by atoms with Crippen molar-refractivity contribution in [2.75, 3.05) is 13.2 Å². The summed E-state index contributed by atoms with van der Waals surface area (Å²) in [6, 6.07) is -3.30. The minimum Gasteiger partial charge on any atom is -0.462 e. The van der Waals surface area contributed by atoms with Crippen LogP contribution in [-0.2, 0) is 66.1 Å². The van der Waals surface area contributed by atoms with Gasteiger partial charge in [0, 0.05) is 12.8 Å². The first-order valence-corrected chi connectivity index (χ1v) is 44.7. The normalized spacial score (nSPS) is 21.8. The van der Waals surface area contributed by atoms with Gasteiger partial charge in [-0.05, 0) is 44.9 Å². The Bertz CT molecular complexity index is 2210. The molecule has 10 N–H and O–H groups in total. The van der Waals surface area contributed by atoms with Crippen molar-refractivity contribution in [3.63, 3.8) is 0 Å². The van der Waals surface area contributed by atoms with Gasteiger partial charge in [0.25, 0.3) is 0 Å². The zero-order valence-corrected chi connectivity index (χ0v) is 68.0. The van der Waals surface area contributed by atoms with Gasteiger partial charge in [0.2, 0.25) is 11.8 Å². The maximum Gasteiger partial charge on any atom is 0.489 e. The number of unbranched alkanes of at least 4 members (excludes halogenated alkanes) is 44. The summed E-state index contributed by atoms with van der Waals surface area (Å²) in [6.07, 6.45) is 34.7. The van der Waals surface area contributed by atoms with Crippen molar-refractivity contribution in [3.8, 4) is 0 Å². The van der Waals surface area contributed by atoms with Crippen LogP contribution in [0.5, 0.6) is 0 Å². The molecular weight excluding hydrogens is 1380 g/mol. The summed E-state index contributed by atoms with van der Waals surface area (Å²) >= 11 is 0. The first-order chi connectivity index (χ1) is 51.4. The van der Waals surface area contributed by atoms with Crippen LogP contribution in [0.2, 0.25) is 0 Å². The van der Waals surface area contributed by atoms with Crippen LogP contribution in [0.15, 0.2) is 0 Å². The molecule has 24 heteroatoms. The number of phosphoric ester groups is 1. The molecule has 2 amide bonds. The van der Waals surface area contributed by atoms with Crippen LogP contribution in [-0.4, -0.2) is 153 Å². The van der Waals surface area contributed by atoms with Gasteiger partial charge in [-0.25, -0.2) is 15.1 Å². The van der Waals surface area contributed by atoms with Gasteiger partial charge >= 0.3 is 25.7 Å². The lowest BCUT2D eigenvalue weighted by Gasteiger charge is -2.46. The second-order valence-electron chi connectivity index (χ2n) is 30.8. The van der Waals surface area contributed by atoms with Gasteiger partial charge in [-0.3, -0.25) is 28.5 Å². The SMILES string of the molecule is CCCCCCCCCCCCCC(=O)O[C@H](CCCCCCCCCCC)CC(=O)NC1C(OC(=O)C[C@@H](CCCCCCCCCCC)OC(=O)CCCCCCCCCCCCC)[C@H](OP(=O)(O)ON)C(CO)O[C@H]1OCC1O[C@H](O)C(NC(=O)C[C@H](O)CCCCCCCCCCC)C(O)[C@@H]1O. The molecule has 0 aromatic rings. The molecule has 2 aliphatic heterocycles. The van der Waals surface area contributed by atoms with Crippen LogP contribution in [0, 0.1) is 0 Å². The van der Waals surface area contributed by atoms with Gasteiger partial charge in [-0.1, -0.05) is 324 Å². The summed E-state index contributed by atoms with van der Waals surface area (Å²) in [5.41, 5.74) is 0. The van der Waals surface area contributed by atoms with Crippen molar-refractivity contribution in [3.05, 3.63) is 0 Å². The van der Waals surface area contributed by atoms with E-state index < -0.39 is 143 Å². The Morgan fingerprint density at radius 1 is 0.425 bits per heavy atom. The number of nitrogens with one attached hydrogen (secondary N) is 2. The average molecular weight is 1540 g/mol. The van der Waals surface area contributed by atoms with Gasteiger partial charge in [0.1, 0.15) is 54.8 Å². The molecule has 0 bridgehead atoms. The van der Waals surface area contributed by atoms with Crippen LogP contribution in [0.1, 0.15) is 401 Å². The third-order valence-electron chi connectivity index (χ3n) is 21.0. The molecule has 2 saturated heterocycles. The quantitative estimate of drug-likeness (QED) is 0.00898. The van der Waals surface area contributed by atoms with Crippen LogP contribution in [0.3, 0.4) is 0 Å². The van der Waals surface area contributed by atoms with Gasteiger partial charge < -0.3 is 69.5 Å². The van der Waals surface area contributed by atoms with Gasteiger partial charge in [-0.2, -0.15) is 0 Å². The maximum absolute atomic E-state index is 14.9. The van der Waals surface area contributed by atoms with E-state index in [9.17, 15) is 59.0 Å². The molecule has 2 heterocycles. The molecule has 14 atom stereocenters. The first kappa shape index (κ1) is 99.2. The Morgan fingerprint density at radius 2 is 0.774 bits per heavy atom. The van der Waals surface area contributed by atoms with Crippen LogP contribution in [0.4, 0.5) is 0 Å². The molecular formula is C82H156N3O20P. The van der Waals surface area contributed by atoms with E-state index in [1.807, 2.05) is 0 Å². The number of amides is 2. The maximum atomic E-state index is 14.9. The molecule has 0 radical (unpaired) electrons. The number of esters is 3. The highest BCUT2D eigenvalue weighted by atomic mass is 31.2. The monoisotopic (exact) mass is 1530 g/mol. The van der Waals surface area contributed by atoms with Crippen molar-refractivity contribution < 1.29 is 96.5 Å². The highest BCUT2D eigenvalue weighted by Gasteiger charge is 2.54. The summed E-state index contributed by atoms with van der Waals surface area (Å²) in [7, 11) is -5.29. The molecule has 624 valence electrons. The lowest BCUT2D eigenvalue weighted by Crippen LogP contribution is -2.67. The number of hydrogen-bond donors (Lipinski definition) is 9. The Hall–Kier alpha value is -2.90. The fourth-order valence-corrected chi connectivity index (χ4v) is 15.1. The molecule has 0 aromatic heterocycles. The van der Waals surface area contributed by atoms with E-state index in [1.165, 1.54) is 128 Å². The number of carbonyl (C=O) groups is 5. The van der Waals surface area contributed by atoms with Crippen molar-refractivity contribution in [1.29, 1.82) is 0 Å². The summed E-state index contributed by atoms with van der Waals surface area (Å²) in [4.78, 5) is 81.2. The van der Waals surface area contributed by atoms with Crippen molar-refractivity contribution in [1.82, 2.24) is 10.6 Å². The summed E-state index contributed by atoms with van der Waals surface area (Å²) in [5, 5.41) is 61.5. The lowest BCUT2D eigenvalue weighted by molar-refractivity contribution is -0.298. The zero-order valence-electron chi connectivity index (χ0n) is 67.1. The zero-order chi connectivity index (χ0) is 77.7. The Kier molecular flexibility index (Phi) is 61.4. The third-order valence-corrected chi connectivity index (χ3v) is 21.8. The minimum atomic E-state index is -5.29. The smallest absolute Gasteiger partial charge is 0.462 e. The standard InChI is InChI=1S/C82H156N3O20P/c1-6-11-16-21-26-31-33-38-43-48-53-58-72(90)99-66(56-51-46-41-36-29-24-19-14-9-4)61-71(89)85-76-80(103-74(92)62-67(57-52-47-42-37-30-25-20-15-10-5)100-73(91)59-54-49-44-39-34-32-27-22-17-12-7-2)79(104-106(96,97)105-83)68(63-86)102-82(76)98-64-69-77(93)78(94)75(81(95)101-69)84-70(88)60-65(87)55-50-45-40-35-28-23-18-13-8-3/h65-69,75-82,86-87,93-95H,6-64,83H2,1-5H3,(H,84,88)(H,85,89)(H,96,97)/t65-,66-,67-,68?,69?,75?,76?,77-,78?,79-,80?,81+,82-/m1/s1. The molecule has 7 unspecified atom stereocenters. The summed E-state index contributed by atoms with van der Waals surface area (Å²) in [5.74, 6) is 1.87. The van der Waals surface area contributed by atoms with Gasteiger partial charge in [0.15, 0.2) is 18.7 Å². The number of carbonyl (C=O) groups excluding carboxylic acids is 5. The molecule has 0 aliphatic carbocycles. The Labute approximate surface area is 641 Å². The number of aliphatic hydroxyl groups excluding tert-OH is 5. The van der Waals surface area contributed by atoms with E-state index in [-0.39, 0.29) is 19.3 Å². The number of rotatable bonds is 72. The molecule has 106 heavy (non-hydrogen) atoms. The number of ether oxygens (including phenoxy) is 6. The van der Waals surface area contributed by atoms with Crippen LogP contribution < -0.4 is 16.5 Å². The second kappa shape index (κ2) is 65.6. The van der Waals surface area contributed by atoms with Crippen molar-refractivity contribution >= 4 is 37.5 Å². The van der Waals surface area contributed by atoms with Gasteiger partial charge in [0.05, 0.1) is 38.6 Å². The number of aliphatic hydroxyl groups is 5. The number of phosphoric acid groups is 1. The van der Waals surface area contributed by atoms with Crippen molar-refractivity contribution in [2.24, 2.45) is 5.90 Å². The summed E-state index contributed by atoms with van der Waals surface area (Å²) in [6.45, 7) is 9.23. The first-order valence-electron chi connectivity index (χ1n) is 43.2. The fourth-order valence-electron chi connectivity index (χ4n) is 14.4. The topological polar surface area (TPSA) is 348 Å². The van der Waals surface area contributed by atoms with Crippen LogP contribution >= 0.6 is 7.82 Å². The van der Waals surface area contributed by atoms with Crippen molar-refractivity contribution in [2.45, 2.75) is 480 Å².